The molecule has 0 saturated carbocycles. The summed E-state index contributed by atoms with van der Waals surface area (Å²) in [6.07, 6.45) is 7.89. The van der Waals surface area contributed by atoms with E-state index in [2.05, 4.69) is 13.8 Å². The molecule has 0 saturated heterocycles. The van der Waals surface area contributed by atoms with Gasteiger partial charge < -0.3 is 5.11 Å². The number of hydrogen-bond acceptors (Lipinski definition) is 3. The molecule has 0 unspecified atom stereocenters. The van der Waals surface area contributed by atoms with Crippen LogP contribution in [0.1, 0.15) is 72.5 Å². The van der Waals surface area contributed by atoms with Gasteiger partial charge in [-0.2, -0.15) is 0 Å². The van der Waals surface area contributed by atoms with Crippen LogP contribution in [0, 0.1) is 20.8 Å². The predicted octanol–water partition coefficient (Wildman–Crippen LogP) is 6.41. The van der Waals surface area contributed by atoms with Crippen LogP contribution < -0.4 is 0 Å². The van der Waals surface area contributed by atoms with Gasteiger partial charge in [-0.25, -0.2) is 4.79 Å². The molecule has 1 rings (SSSR count). The Bertz CT molecular complexity index is 498. The molecule has 1 aromatic carbocycles. The lowest BCUT2D eigenvalue weighted by Crippen LogP contribution is -2.03. The van der Waals surface area contributed by atoms with Crippen molar-refractivity contribution in [2.75, 3.05) is 5.75 Å². The van der Waals surface area contributed by atoms with Gasteiger partial charge in [0.05, 0.1) is 5.56 Å². The van der Waals surface area contributed by atoms with Crippen molar-refractivity contribution in [2.45, 2.75) is 71.1 Å². The van der Waals surface area contributed by atoms with Crippen LogP contribution in [0.25, 0.3) is 0 Å². The van der Waals surface area contributed by atoms with Crippen molar-refractivity contribution < 1.29 is 9.90 Å². The largest absolute Gasteiger partial charge is 0.478 e. The van der Waals surface area contributed by atoms with Gasteiger partial charge in [0.2, 0.25) is 0 Å². The van der Waals surface area contributed by atoms with Gasteiger partial charge in [-0.3, -0.25) is 0 Å². The first-order chi connectivity index (χ1) is 10.5. The molecular formula is C18H28O2S2. The zero-order valence-electron chi connectivity index (χ0n) is 14.2. The summed E-state index contributed by atoms with van der Waals surface area (Å²) in [5, 5.41) is 9.30. The van der Waals surface area contributed by atoms with Gasteiger partial charge in [0, 0.05) is 10.6 Å². The quantitative estimate of drug-likeness (QED) is 0.394. The highest BCUT2D eigenvalue weighted by molar-refractivity contribution is 8.76. The second-order valence-electron chi connectivity index (χ2n) is 5.80. The molecule has 0 aliphatic heterocycles. The van der Waals surface area contributed by atoms with Gasteiger partial charge >= 0.3 is 5.97 Å². The van der Waals surface area contributed by atoms with E-state index in [1.807, 2.05) is 24.6 Å². The number of aromatic carboxylic acids is 1. The van der Waals surface area contributed by atoms with Crippen molar-refractivity contribution in [3.05, 3.63) is 28.3 Å². The summed E-state index contributed by atoms with van der Waals surface area (Å²) in [6, 6.07) is 1.79. The van der Waals surface area contributed by atoms with E-state index >= 15 is 0 Å². The maximum atomic E-state index is 11.3. The minimum atomic E-state index is -0.830. The molecule has 0 aliphatic rings. The average Bonchev–Trinajstić information content (AvgIpc) is 2.48. The van der Waals surface area contributed by atoms with E-state index in [1.54, 1.807) is 16.9 Å². The van der Waals surface area contributed by atoms with Gasteiger partial charge in [-0.05, 0) is 49.9 Å². The van der Waals surface area contributed by atoms with Crippen molar-refractivity contribution in [3.8, 4) is 0 Å². The third-order valence-electron chi connectivity index (χ3n) is 3.99. The number of unbranched alkanes of at least 4 members (excludes halogenated alkanes) is 5. The zero-order valence-corrected chi connectivity index (χ0v) is 15.8. The van der Waals surface area contributed by atoms with Crippen LogP contribution in [0.4, 0.5) is 0 Å². The minimum absolute atomic E-state index is 0.436. The van der Waals surface area contributed by atoms with Crippen LogP contribution in [0.15, 0.2) is 11.0 Å². The lowest BCUT2D eigenvalue weighted by molar-refractivity contribution is 0.0695. The van der Waals surface area contributed by atoms with Gasteiger partial charge in [-0.1, -0.05) is 60.6 Å². The highest BCUT2D eigenvalue weighted by atomic mass is 33.1. The fourth-order valence-corrected chi connectivity index (χ4v) is 5.16. The molecule has 1 N–H and O–H groups in total. The Morgan fingerprint density at radius 1 is 1.05 bits per heavy atom. The molecule has 0 fully saturated rings. The molecule has 0 radical (unpaired) electrons. The molecule has 0 aromatic heterocycles. The molecular weight excluding hydrogens is 312 g/mol. The molecule has 0 aliphatic carbocycles. The van der Waals surface area contributed by atoms with Gasteiger partial charge in [0.1, 0.15) is 0 Å². The second kappa shape index (κ2) is 10.2. The molecule has 124 valence electrons. The van der Waals surface area contributed by atoms with E-state index in [4.69, 9.17) is 0 Å². The summed E-state index contributed by atoms with van der Waals surface area (Å²) in [4.78, 5) is 12.5. The molecule has 0 amide bonds. The molecule has 1 aromatic rings. The van der Waals surface area contributed by atoms with E-state index < -0.39 is 5.97 Å². The fourth-order valence-electron chi connectivity index (χ4n) is 2.40. The van der Waals surface area contributed by atoms with E-state index in [-0.39, 0.29) is 0 Å². The van der Waals surface area contributed by atoms with E-state index in [0.717, 1.165) is 21.8 Å². The highest BCUT2D eigenvalue weighted by Crippen LogP contribution is 2.38. The summed E-state index contributed by atoms with van der Waals surface area (Å²) in [5.41, 5.74) is 3.61. The summed E-state index contributed by atoms with van der Waals surface area (Å²) in [5.74, 6) is 0.301. The van der Waals surface area contributed by atoms with Crippen molar-refractivity contribution in [3.63, 3.8) is 0 Å². The van der Waals surface area contributed by atoms with Crippen molar-refractivity contribution in [1.29, 1.82) is 0 Å². The van der Waals surface area contributed by atoms with Crippen LogP contribution in [0.2, 0.25) is 0 Å². The number of rotatable bonds is 10. The van der Waals surface area contributed by atoms with E-state index in [9.17, 15) is 9.90 Å². The third kappa shape index (κ3) is 5.88. The Balaban J connectivity index is 2.50. The summed E-state index contributed by atoms with van der Waals surface area (Å²) in [6.45, 7) is 8.24. The number of aryl methyl sites for hydroxylation is 1. The fraction of sp³-hybridized carbons (Fsp3) is 0.611. The smallest absolute Gasteiger partial charge is 0.336 e. The van der Waals surface area contributed by atoms with E-state index in [1.165, 1.54) is 44.1 Å². The first-order valence-corrected chi connectivity index (χ1v) is 10.4. The highest BCUT2D eigenvalue weighted by Gasteiger charge is 2.15. The Morgan fingerprint density at radius 3 is 2.32 bits per heavy atom. The number of carboxylic acids is 1. The molecule has 2 nitrogen and oxygen atoms in total. The average molecular weight is 341 g/mol. The van der Waals surface area contributed by atoms with Crippen LogP contribution in [0.5, 0.6) is 0 Å². The number of carboxylic acid groups (broad SMARTS) is 1. The Labute approximate surface area is 142 Å². The first kappa shape index (κ1) is 19.4. The molecule has 0 spiro atoms. The zero-order chi connectivity index (χ0) is 16.5. The number of benzene rings is 1. The maximum absolute atomic E-state index is 11.3. The Hall–Kier alpha value is -0.610. The summed E-state index contributed by atoms with van der Waals surface area (Å²) >= 11 is 0. The van der Waals surface area contributed by atoms with Crippen LogP contribution in [-0.2, 0) is 0 Å². The monoisotopic (exact) mass is 340 g/mol. The molecule has 0 bridgehead atoms. The number of carbonyl (C=O) groups is 1. The molecule has 0 heterocycles. The van der Waals surface area contributed by atoms with Crippen LogP contribution in [0.3, 0.4) is 0 Å². The topological polar surface area (TPSA) is 37.3 Å². The SMILES string of the molecule is CCCCCCCCSSc1c(C)c(C)cc(C(=O)O)c1C. The lowest BCUT2D eigenvalue weighted by atomic mass is 10.0. The predicted molar refractivity (Wildman–Crippen MR) is 99.3 cm³/mol. The summed E-state index contributed by atoms with van der Waals surface area (Å²) in [7, 11) is 3.59. The van der Waals surface area contributed by atoms with Crippen molar-refractivity contribution >= 4 is 27.6 Å². The van der Waals surface area contributed by atoms with Gasteiger partial charge in [0.25, 0.3) is 0 Å². The maximum Gasteiger partial charge on any atom is 0.336 e. The lowest BCUT2D eigenvalue weighted by Gasteiger charge is -2.14. The second-order valence-corrected chi connectivity index (χ2v) is 8.22. The molecule has 22 heavy (non-hydrogen) atoms. The molecule has 4 heteroatoms. The molecule has 0 atom stereocenters. The number of hydrogen-bond donors (Lipinski definition) is 1. The van der Waals surface area contributed by atoms with Crippen molar-refractivity contribution in [2.24, 2.45) is 0 Å². The Morgan fingerprint density at radius 2 is 1.68 bits per heavy atom. The van der Waals surface area contributed by atoms with Crippen molar-refractivity contribution in [1.82, 2.24) is 0 Å². The standard InChI is InChI=1S/C18H28O2S2/c1-5-6-7-8-9-10-11-21-22-17-14(3)13(2)12-16(15(17)4)18(19)20/h12H,5-11H2,1-4H3,(H,19,20). The minimum Gasteiger partial charge on any atom is -0.478 e. The van der Waals surface area contributed by atoms with Crippen LogP contribution in [-0.4, -0.2) is 16.8 Å². The van der Waals surface area contributed by atoms with Gasteiger partial charge in [-0.15, -0.1) is 0 Å². The van der Waals surface area contributed by atoms with Crippen LogP contribution >= 0.6 is 21.6 Å². The Kier molecular flexibility index (Phi) is 9.03. The van der Waals surface area contributed by atoms with E-state index in [0.29, 0.717) is 5.56 Å². The summed E-state index contributed by atoms with van der Waals surface area (Å²) < 4.78 is 0. The first-order valence-electron chi connectivity index (χ1n) is 8.12. The normalized spacial score (nSPS) is 10.9. The third-order valence-corrected chi connectivity index (χ3v) is 6.70. The van der Waals surface area contributed by atoms with Gasteiger partial charge in [0.15, 0.2) is 0 Å².